The Bertz CT molecular complexity index is 842. The van der Waals surface area contributed by atoms with Crippen LogP contribution in [-0.4, -0.2) is 18.1 Å². The number of nitrogens with zero attached hydrogens (tertiary/aromatic N) is 1. The van der Waals surface area contributed by atoms with Crippen LogP contribution < -0.4 is 4.74 Å². The number of carbonyl (C=O) groups excluding carboxylic acids is 1. The standard InChI is InChI=1S/C18H14ClNO4/c1-22-15-5-3-2-4-14(15)18(21)23-11-17-20-10-16(24-17)12-6-8-13(19)9-7-12/h2-10H,11H2,1H3. The summed E-state index contributed by atoms with van der Waals surface area (Å²) in [6.07, 6.45) is 1.58. The molecule has 0 fully saturated rings. The maximum absolute atomic E-state index is 12.1. The fraction of sp³-hybridized carbons (Fsp3) is 0.111. The molecule has 0 saturated heterocycles. The molecule has 0 radical (unpaired) electrons. The molecule has 3 aromatic rings. The van der Waals surface area contributed by atoms with Gasteiger partial charge in [-0.05, 0) is 36.4 Å². The molecule has 24 heavy (non-hydrogen) atoms. The first kappa shape index (κ1) is 16.1. The van der Waals surface area contributed by atoms with Gasteiger partial charge in [0.25, 0.3) is 0 Å². The zero-order valence-corrected chi connectivity index (χ0v) is 13.6. The first-order valence-corrected chi connectivity index (χ1v) is 7.56. The van der Waals surface area contributed by atoms with Crippen LogP contribution >= 0.6 is 11.6 Å². The van der Waals surface area contributed by atoms with E-state index < -0.39 is 5.97 Å². The van der Waals surface area contributed by atoms with Gasteiger partial charge in [0.05, 0.1) is 13.3 Å². The van der Waals surface area contributed by atoms with Crippen LogP contribution in [0.25, 0.3) is 11.3 Å². The molecule has 0 aliphatic rings. The van der Waals surface area contributed by atoms with Crippen molar-refractivity contribution in [3.8, 4) is 17.1 Å². The van der Waals surface area contributed by atoms with Crippen LogP contribution in [0.3, 0.4) is 0 Å². The van der Waals surface area contributed by atoms with Gasteiger partial charge in [0, 0.05) is 10.6 Å². The molecule has 2 aromatic carbocycles. The number of methoxy groups -OCH3 is 1. The lowest BCUT2D eigenvalue weighted by atomic mass is 10.2. The van der Waals surface area contributed by atoms with Crippen molar-refractivity contribution in [2.45, 2.75) is 6.61 Å². The van der Waals surface area contributed by atoms with E-state index in [1.807, 2.05) is 12.1 Å². The molecular formula is C18H14ClNO4. The van der Waals surface area contributed by atoms with Gasteiger partial charge in [-0.3, -0.25) is 0 Å². The van der Waals surface area contributed by atoms with Crippen LogP contribution in [0, 0.1) is 0 Å². The SMILES string of the molecule is COc1ccccc1C(=O)OCc1ncc(-c2ccc(Cl)cc2)o1. The van der Waals surface area contributed by atoms with Crippen LogP contribution in [-0.2, 0) is 11.3 Å². The molecule has 122 valence electrons. The highest BCUT2D eigenvalue weighted by Crippen LogP contribution is 2.23. The third-order valence-corrected chi connectivity index (χ3v) is 3.59. The third-order valence-electron chi connectivity index (χ3n) is 3.34. The Labute approximate surface area is 143 Å². The lowest BCUT2D eigenvalue weighted by Crippen LogP contribution is -2.07. The van der Waals surface area contributed by atoms with Crippen molar-refractivity contribution >= 4 is 17.6 Å². The monoisotopic (exact) mass is 343 g/mol. The number of esters is 1. The minimum atomic E-state index is -0.501. The number of halogens is 1. The average Bonchev–Trinajstić information content (AvgIpc) is 3.09. The number of benzene rings is 2. The smallest absolute Gasteiger partial charge is 0.342 e. The second-order valence-electron chi connectivity index (χ2n) is 4.90. The Morgan fingerprint density at radius 1 is 1.17 bits per heavy atom. The molecule has 6 heteroatoms. The van der Waals surface area contributed by atoms with Gasteiger partial charge in [-0.2, -0.15) is 0 Å². The summed E-state index contributed by atoms with van der Waals surface area (Å²) in [6, 6.07) is 14.0. The normalized spacial score (nSPS) is 10.4. The van der Waals surface area contributed by atoms with Gasteiger partial charge >= 0.3 is 5.97 Å². The zero-order chi connectivity index (χ0) is 16.9. The molecule has 0 amide bonds. The van der Waals surface area contributed by atoms with E-state index in [9.17, 15) is 4.79 Å². The van der Waals surface area contributed by atoms with Crippen LogP contribution in [0.4, 0.5) is 0 Å². The van der Waals surface area contributed by atoms with Crippen LogP contribution in [0.2, 0.25) is 5.02 Å². The highest BCUT2D eigenvalue weighted by Gasteiger charge is 2.14. The number of ether oxygens (including phenoxy) is 2. The molecule has 0 bridgehead atoms. The third kappa shape index (κ3) is 3.58. The summed E-state index contributed by atoms with van der Waals surface area (Å²) in [4.78, 5) is 16.2. The Morgan fingerprint density at radius 2 is 1.92 bits per heavy atom. The number of aromatic nitrogens is 1. The average molecular weight is 344 g/mol. The van der Waals surface area contributed by atoms with Crippen LogP contribution in [0.15, 0.2) is 59.1 Å². The highest BCUT2D eigenvalue weighted by atomic mass is 35.5. The number of rotatable bonds is 5. The molecule has 5 nitrogen and oxygen atoms in total. The van der Waals surface area contributed by atoms with E-state index in [4.69, 9.17) is 25.5 Å². The minimum absolute atomic E-state index is 0.0650. The molecule has 1 aromatic heterocycles. The largest absolute Gasteiger partial charge is 0.496 e. The number of para-hydroxylation sites is 1. The summed E-state index contributed by atoms with van der Waals surface area (Å²) < 4.78 is 16.0. The summed E-state index contributed by atoms with van der Waals surface area (Å²) in [5.74, 6) is 0.841. The summed E-state index contributed by atoms with van der Waals surface area (Å²) >= 11 is 5.86. The van der Waals surface area contributed by atoms with Crippen molar-refractivity contribution in [3.63, 3.8) is 0 Å². The Morgan fingerprint density at radius 3 is 2.67 bits per heavy atom. The molecule has 0 atom stereocenters. The highest BCUT2D eigenvalue weighted by molar-refractivity contribution is 6.30. The Kier molecular flexibility index (Phi) is 4.82. The molecule has 0 saturated carbocycles. The van der Waals surface area contributed by atoms with Crippen molar-refractivity contribution in [2.75, 3.05) is 7.11 Å². The van der Waals surface area contributed by atoms with Gasteiger partial charge in [-0.15, -0.1) is 0 Å². The molecule has 0 aliphatic carbocycles. The van der Waals surface area contributed by atoms with Crippen LogP contribution in [0.5, 0.6) is 5.75 Å². The Balaban J connectivity index is 1.67. The first-order chi connectivity index (χ1) is 11.7. The number of hydrogen-bond donors (Lipinski definition) is 0. The number of oxazole rings is 1. The molecular weight excluding hydrogens is 330 g/mol. The van der Waals surface area contributed by atoms with Gasteiger partial charge in [0.2, 0.25) is 5.89 Å². The predicted molar refractivity (Wildman–Crippen MR) is 89.1 cm³/mol. The summed E-state index contributed by atoms with van der Waals surface area (Å²) in [6.45, 7) is -0.0650. The fourth-order valence-corrected chi connectivity index (χ4v) is 2.27. The minimum Gasteiger partial charge on any atom is -0.496 e. The lowest BCUT2D eigenvalue weighted by Gasteiger charge is -2.07. The second-order valence-corrected chi connectivity index (χ2v) is 5.34. The van der Waals surface area contributed by atoms with E-state index in [1.54, 1.807) is 42.6 Å². The fourth-order valence-electron chi connectivity index (χ4n) is 2.14. The predicted octanol–water partition coefficient (Wildman–Crippen LogP) is 4.36. The van der Waals surface area contributed by atoms with Crippen molar-refractivity contribution < 1.29 is 18.7 Å². The van der Waals surface area contributed by atoms with E-state index in [1.165, 1.54) is 7.11 Å². The van der Waals surface area contributed by atoms with Gasteiger partial charge in [0.1, 0.15) is 11.3 Å². The van der Waals surface area contributed by atoms with E-state index >= 15 is 0 Å². The molecule has 1 heterocycles. The van der Waals surface area contributed by atoms with Crippen molar-refractivity contribution in [1.82, 2.24) is 4.98 Å². The van der Waals surface area contributed by atoms with Gasteiger partial charge in [-0.1, -0.05) is 23.7 Å². The van der Waals surface area contributed by atoms with E-state index in [-0.39, 0.29) is 6.61 Å². The summed E-state index contributed by atoms with van der Waals surface area (Å²) in [5.41, 5.74) is 1.19. The zero-order valence-electron chi connectivity index (χ0n) is 12.9. The Hall–Kier alpha value is -2.79. The molecule has 0 N–H and O–H groups in total. The summed E-state index contributed by atoms with van der Waals surface area (Å²) in [7, 11) is 1.50. The van der Waals surface area contributed by atoms with Gasteiger partial charge in [0.15, 0.2) is 12.4 Å². The van der Waals surface area contributed by atoms with E-state index in [0.717, 1.165) is 5.56 Å². The summed E-state index contributed by atoms with van der Waals surface area (Å²) in [5, 5.41) is 0.643. The van der Waals surface area contributed by atoms with Crippen molar-refractivity contribution in [2.24, 2.45) is 0 Å². The first-order valence-electron chi connectivity index (χ1n) is 7.18. The molecule has 0 unspecified atom stereocenters. The van der Waals surface area contributed by atoms with Crippen molar-refractivity contribution in [1.29, 1.82) is 0 Å². The van der Waals surface area contributed by atoms with E-state index in [0.29, 0.717) is 28.0 Å². The molecule has 0 aliphatic heterocycles. The lowest BCUT2D eigenvalue weighted by molar-refractivity contribution is 0.0435. The van der Waals surface area contributed by atoms with Crippen molar-refractivity contribution in [3.05, 3.63) is 71.2 Å². The maximum Gasteiger partial charge on any atom is 0.342 e. The van der Waals surface area contributed by atoms with Gasteiger partial charge in [-0.25, -0.2) is 9.78 Å². The quantitative estimate of drug-likeness (QED) is 0.644. The topological polar surface area (TPSA) is 61.6 Å². The van der Waals surface area contributed by atoms with E-state index in [2.05, 4.69) is 4.98 Å². The number of hydrogen-bond acceptors (Lipinski definition) is 5. The molecule has 0 spiro atoms. The van der Waals surface area contributed by atoms with Gasteiger partial charge < -0.3 is 13.9 Å². The maximum atomic E-state index is 12.1. The van der Waals surface area contributed by atoms with Crippen LogP contribution in [0.1, 0.15) is 16.2 Å². The number of carbonyl (C=O) groups is 1. The molecule has 3 rings (SSSR count). The second kappa shape index (κ2) is 7.19.